The van der Waals surface area contributed by atoms with Crippen molar-refractivity contribution < 1.29 is 14.3 Å². The Hall–Kier alpha value is -0.950. The highest BCUT2D eigenvalue weighted by Gasteiger charge is 2.41. The van der Waals surface area contributed by atoms with Crippen LogP contribution in [-0.2, 0) is 9.53 Å². The van der Waals surface area contributed by atoms with Crippen molar-refractivity contribution >= 4 is 29.3 Å². The maximum atomic E-state index is 12.6. The minimum Gasteiger partial charge on any atom is -0.479 e. The van der Waals surface area contributed by atoms with Crippen LogP contribution in [0.1, 0.15) is 18.9 Å². The molecule has 1 aromatic rings. The van der Waals surface area contributed by atoms with Crippen molar-refractivity contribution in [1.29, 1.82) is 0 Å². The molecule has 0 saturated carbocycles. The molecule has 26 heavy (non-hydrogen) atoms. The van der Waals surface area contributed by atoms with Gasteiger partial charge in [0.05, 0.1) is 18.2 Å². The lowest BCUT2D eigenvalue weighted by Crippen LogP contribution is -2.59. The third-order valence-electron chi connectivity index (χ3n) is 5.12. The fourth-order valence-corrected chi connectivity index (χ4v) is 5.11. The number of carbonyl (C=O) groups is 1. The Labute approximate surface area is 164 Å². The Morgan fingerprint density at radius 2 is 2.23 bits per heavy atom. The van der Waals surface area contributed by atoms with Crippen LogP contribution in [0.5, 0.6) is 5.75 Å². The number of aryl methyl sites for hydroxylation is 1. The minimum atomic E-state index is -0.593. The molecule has 1 N–H and O–H groups in total. The van der Waals surface area contributed by atoms with E-state index >= 15 is 0 Å². The molecule has 1 amide bonds. The Kier molecular flexibility index (Phi) is 6.72. The van der Waals surface area contributed by atoms with Crippen molar-refractivity contribution in [3.8, 4) is 5.75 Å². The van der Waals surface area contributed by atoms with Gasteiger partial charge < -0.3 is 14.8 Å². The van der Waals surface area contributed by atoms with Gasteiger partial charge in [-0.05, 0) is 43.7 Å². The molecular weight excluding hydrogens is 372 g/mol. The van der Waals surface area contributed by atoms with E-state index in [1.807, 2.05) is 30.8 Å². The van der Waals surface area contributed by atoms with Crippen LogP contribution in [-0.4, -0.2) is 66.8 Å². The Balaban J connectivity index is 1.58. The van der Waals surface area contributed by atoms with Crippen LogP contribution in [0.3, 0.4) is 0 Å². The Morgan fingerprint density at radius 3 is 2.92 bits per heavy atom. The topological polar surface area (TPSA) is 50.8 Å². The molecule has 2 aliphatic heterocycles. The summed E-state index contributed by atoms with van der Waals surface area (Å²) in [5.74, 6) is 2.63. The number of halogens is 1. The van der Waals surface area contributed by atoms with Gasteiger partial charge in [-0.2, -0.15) is 11.8 Å². The van der Waals surface area contributed by atoms with E-state index in [1.54, 1.807) is 13.0 Å². The van der Waals surface area contributed by atoms with Gasteiger partial charge in [0.25, 0.3) is 5.91 Å². The monoisotopic (exact) mass is 398 g/mol. The molecule has 2 aliphatic rings. The SMILES string of the molecule is Cc1ccc(Cl)c(O[C@H](C)C(=O)NC[C@@]2(N3CCOCC3)CCSC2)c1. The molecule has 0 unspecified atom stereocenters. The number of amides is 1. The van der Waals surface area contributed by atoms with Crippen molar-refractivity contribution in [3.63, 3.8) is 0 Å². The number of ether oxygens (including phenoxy) is 2. The number of morpholine rings is 1. The second-order valence-corrected chi connectivity index (χ2v) is 8.55. The van der Waals surface area contributed by atoms with Crippen LogP contribution in [0, 0.1) is 6.92 Å². The second kappa shape index (κ2) is 8.83. The van der Waals surface area contributed by atoms with Crippen LogP contribution in [0.4, 0.5) is 0 Å². The van der Waals surface area contributed by atoms with E-state index in [2.05, 4.69) is 10.2 Å². The normalized spacial score (nSPS) is 25.0. The molecule has 0 spiro atoms. The second-order valence-electron chi connectivity index (χ2n) is 7.04. The fraction of sp³-hybridized carbons (Fsp3) is 0.632. The maximum Gasteiger partial charge on any atom is 0.260 e. The van der Waals surface area contributed by atoms with Crippen molar-refractivity contribution in [2.24, 2.45) is 0 Å². The van der Waals surface area contributed by atoms with Gasteiger partial charge in [-0.15, -0.1) is 0 Å². The first-order chi connectivity index (χ1) is 12.5. The number of hydrogen-bond acceptors (Lipinski definition) is 5. The fourth-order valence-electron chi connectivity index (χ4n) is 3.48. The molecule has 0 bridgehead atoms. The number of rotatable bonds is 6. The van der Waals surface area contributed by atoms with Crippen molar-refractivity contribution in [3.05, 3.63) is 28.8 Å². The maximum absolute atomic E-state index is 12.6. The molecule has 0 aromatic heterocycles. The number of benzene rings is 1. The van der Waals surface area contributed by atoms with E-state index in [9.17, 15) is 4.79 Å². The molecule has 0 aliphatic carbocycles. The summed E-state index contributed by atoms with van der Waals surface area (Å²) in [6.45, 7) is 7.78. The zero-order valence-electron chi connectivity index (χ0n) is 15.4. The summed E-state index contributed by atoms with van der Waals surface area (Å²) < 4.78 is 11.3. The number of nitrogens with zero attached hydrogens (tertiary/aromatic N) is 1. The van der Waals surface area contributed by atoms with Crippen molar-refractivity contribution in [2.75, 3.05) is 44.4 Å². The Morgan fingerprint density at radius 1 is 1.46 bits per heavy atom. The van der Waals surface area contributed by atoms with E-state index in [4.69, 9.17) is 21.1 Å². The van der Waals surface area contributed by atoms with Gasteiger partial charge in [0.1, 0.15) is 5.75 Å². The van der Waals surface area contributed by atoms with Gasteiger partial charge in [0, 0.05) is 30.9 Å². The van der Waals surface area contributed by atoms with E-state index in [0.29, 0.717) is 17.3 Å². The zero-order chi connectivity index (χ0) is 18.6. The predicted molar refractivity (Wildman–Crippen MR) is 106 cm³/mol. The van der Waals surface area contributed by atoms with E-state index < -0.39 is 6.10 Å². The average Bonchev–Trinajstić information content (AvgIpc) is 3.13. The predicted octanol–water partition coefficient (Wildman–Crippen LogP) is 2.74. The third kappa shape index (κ3) is 4.66. The van der Waals surface area contributed by atoms with E-state index in [-0.39, 0.29) is 11.4 Å². The molecule has 5 nitrogen and oxygen atoms in total. The highest BCUT2D eigenvalue weighted by molar-refractivity contribution is 7.99. The summed E-state index contributed by atoms with van der Waals surface area (Å²) in [6, 6.07) is 5.57. The summed E-state index contributed by atoms with van der Waals surface area (Å²) in [6.07, 6.45) is 0.502. The van der Waals surface area contributed by atoms with Crippen LogP contribution in [0.15, 0.2) is 18.2 Å². The van der Waals surface area contributed by atoms with Crippen LogP contribution in [0.25, 0.3) is 0 Å². The quantitative estimate of drug-likeness (QED) is 0.798. The average molecular weight is 399 g/mol. The minimum absolute atomic E-state index is 0.0325. The Bertz CT molecular complexity index is 631. The summed E-state index contributed by atoms with van der Waals surface area (Å²) in [4.78, 5) is 15.1. The standard InChI is InChI=1S/C19H27ClN2O3S/c1-14-3-4-16(20)17(11-14)25-15(2)18(23)21-12-19(5-10-26-13-19)22-6-8-24-9-7-22/h3-4,11,15H,5-10,12-13H2,1-2H3,(H,21,23)/t15-,19+/m1/s1. The lowest BCUT2D eigenvalue weighted by atomic mass is 9.95. The number of carbonyl (C=O) groups excluding carboxylic acids is 1. The van der Waals surface area contributed by atoms with Gasteiger partial charge in [0.15, 0.2) is 6.10 Å². The van der Waals surface area contributed by atoms with Crippen LogP contribution in [0.2, 0.25) is 5.02 Å². The van der Waals surface area contributed by atoms with Gasteiger partial charge in [-0.1, -0.05) is 17.7 Å². The van der Waals surface area contributed by atoms with E-state index in [0.717, 1.165) is 49.8 Å². The highest BCUT2D eigenvalue weighted by atomic mass is 35.5. The van der Waals surface area contributed by atoms with Gasteiger partial charge >= 0.3 is 0 Å². The molecule has 2 saturated heterocycles. The third-order valence-corrected chi connectivity index (χ3v) is 6.66. The smallest absolute Gasteiger partial charge is 0.260 e. The van der Waals surface area contributed by atoms with E-state index in [1.165, 1.54) is 0 Å². The zero-order valence-corrected chi connectivity index (χ0v) is 17.0. The molecular formula is C19H27ClN2O3S. The summed E-state index contributed by atoms with van der Waals surface area (Å²) in [5.41, 5.74) is 1.08. The molecule has 3 rings (SSSR count). The van der Waals surface area contributed by atoms with Crippen molar-refractivity contribution in [2.45, 2.75) is 31.9 Å². The van der Waals surface area contributed by atoms with Crippen LogP contribution >= 0.6 is 23.4 Å². The summed E-state index contributed by atoms with van der Waals surface area (Å²) in [7, 11) is 0. The lowest BCUT2D eigenvalue weighted by molar-refractivity contribution is -0.128. The largest absolute Gasteiger partial charge is 0.479 e. The van der Waals surface area contributed by atoms with Gasteiger partial charge in [-0.3, -0.25) is 9.69 Å². The van der Waals surface area contributed by atoms with Gasteiger partial charge in [0.2, 0.25) is 0 Å². The molecule has 144 valence electrons. The first-order valence-corrected chi connectivity index (χ1v) is 10.6. The number of nitrogens with one attached hydrogen (secondary N) is 1. The van der Waals surface area contributed by atoms with Crippen molar-refractivity contribution in [1.82, 2.24) is 10.2 Å². The molecule has 2 heterocycles. The first kappa shape index (κ1) is 19.8. The molecule has 2 fully saturated rings. The molecule has 2 atom stereocenters. The highest BCUT2D eigenvalue weighted by Crippen LogP contribution is 2.33. The number of thioether (sulfide) groups is 1. The molecule has 1 aromatic carbocycles. The first-order valence-electron chi connectivity index (χ1n) is 9.11. The van der Waals surface area contributed by atoms with Gasteiger partial charge in [-0.25, -0.2) is 0 Å². The summed E-state index contributed by atoms with van der Waals surface area (Å²) >= 11 is 8.13. The molecule has 0 radical (unpaired) electrons. The molecule has 7 heteroatoms. The number of hydrogen-bond donors (Lipinski definition) is 1. The lowest BCUT2D eigenvalue weighted by Gasteiger charge is -2.43. The van der Waals surface area contributed by atoms with Crippen LogP contribution < -0.4 is 10.1 Å². The summed E-state index contributed by atoms with van der Waals surface area (Å²) in [5, 5.41) is 3.63.